The zero-order valence-electron chi connectivity index (χ0n) is 28.4. The first-order valence-electron chi connectivity index (χ1n) is 15.6. The van der Waals surface area contributed by atoms with Crippen molar-refractivity contribution in [3.05, 3.63) is 59.9 Å². The van der Waals surface area contributed by atoms with Crippen LogP contribution >= 0.6 is 0 Å². The SMILES string of the molecule is COc1ccc2c(c1)C[C@H](C(=O)Nc1ccc(-c3cn[nH]c3)cc1OCCN1CCCC1)NC2.O=C(O)C(F)(F)F.O=C(O)C(F)(F)F.O=C(O)C(F)(F)F. The highest BCUT2D eigenvalue weighted by molar-refractivity contribution is 5.97. The molecule has 0 aliphatic carbocycles. The number of aromatic nitrogens is 2. The summed E-state index contributed by atoms with van der Waals surface area (Å²) in [5, 5.41) is 34.7. The van der Waals surface area contributed by atoms with Gasteiger partial charge in [0.2, 0.25) is 5.91 Å². The number of anilines is 1. The number of benzene rings is 2. The third-order valence-corrected chi connectivity index (χ3v) is 7.36. The largest absolute Gasteiger partial charge is 0.497 e. The number of carboxylic acid groups (broad SMARTS) is 3. The van der Waals surface area contributed by atoms with Gasteiger partial charge < -0.3 is 35.4 Å². The van der Waals surface area contributed by atoms with Crippen LogP contribution in [0, 0.1) is 0 Å². The van der Waals surface area contributed by atoms with Crippen molar-refractivity contribution in [3.8, 4) is 22.6 Å². The molecular formula is C32H34F9N5O9. The molecule has 1 atom stereocenters. The van der Waals surface area contributed by atoms with Gasteiger partial charge in [-0.2, -0.15) is 44.6 Å². The minimum Gasteiger partial charge on any atom is -0.497 e. The Bertz CT molecular complexity index is 1670. The van der Waals surface area contributed by atoms with E-state index in [1.807, 2.05) is 36.5 Å². The molecule has 2 aromatic carbocycles. The fourth-order valence-corrected chi connectivity index (χ4v) is 4.65. The van der Waals surface area contributed by atoms with Crippen LogP contribution in [0.1, 0.15) is 24.0 Å². The van der Waals surface area contributed by atoms with E-state index in [1.54, 1.807) is 13.3 Å². The number of carbonyl (C=O) groups is 4. The fraction of sp³-hybridized carbons (Fsp3) is 0.406. The summed E-state index contributed by atoms with van der Waals surface area (Å²) < 4.78 is 107. The molecule has 0 saturated carbocycles. The number of alkyl halides is 9. The molecule has 1 fully saturated rings. The standard InChI is InChI=1S/C26H31N5O3.3C2HF3O2/c1-33-22-6-4-19-15-27-24(13-20(19)12-22)26(32)30-23-7-5-18(21-16-28-29-17-21)14-25(23)34-11-10-31-8-2-3-9-31;3*3-2(4,5)1(6)7/h4-7,12,14,16-17,24,27H,2-3,8-11,13,15H2,1H3,(H,28,29)(H,30,32);3*(H,6,7)/t24-;;;/m1.../s1. The number of halogens is 9. The highest BCUT2D eigenvalue weighted by Gasteiger charge is 2.39. The molecule has 3 heterocycles. The van der Waals surface area contributed by atoms with Gasteiger partial charge in [0.05, 0.1) is 25.0 Å². The van der Waals surface area contributed by atoms with Gasteiger partial charge in [-0.25, -0.2) is 14.4 Å². The number of H-pyrrole nitrogens is 1. The summed E-state index contributed by atoms with van der Waals surface area (Å²) in [7, 11) is 1.66. The lowest BCUT2D eigenvalue weighted by molar-refractivity contribution is -0.193. The first-order chi connectivity index (χ1) is 25.5. The molecule has 0 bridgehead atoms. The van der Waals surface area contributed by atoms with E-state index < -0.39 is 36.4 Å². The van der Waals surface area contributed by atoms with Gasteiger partial charge >= 0.3 is 36.4 Å². The number of ether oxygens (including phenoxy) is 2. The Labute approximate surface area is 305 Å². The predicted molar refractivity (Wildman–Crippen MR) is 172 cm³/mol. The number of aromatic amines is 1. The quantitative estimate of drug-likeness (QED) is 0.165. The lowest BCUT2D eigenvalue weighted by Crippen LogP contribution is -2.44. The summed E-state index contributed by atoms with van der Waals surface area (Å²) in [5.41, 5.74) is 4.97. The van der Waals surface area contributed by atoms with E-state index in [1.165, 1.54) is 18.4 Å². The fourth-order valence-electron chi connectivity index (χ4n) is 4.65. The van der Waals surface area contributed by atoms with Crippen LogP contribution < -0.4 is 20.1 Å². The van der Waals surface area contributed by atoms with Crippen LogP contribution in [-0.4, -0.2) is 112 Å². The van der Waals surface area contributed by atoms with Gasteiger partial charge in [0.1, 0.15) is 18.1 Å². The van der Waals surface area contributed by atoms with Crippen molar-refractivity contribution in [1.82, 2.24) is 20.4 Å². The molecule has 2 aliphatic rings. The van der Waals surface area contributed by atoms with Crippen molar-refractivity contribution < 1.29 is 83.5 Å². The highest BCUT2D eigenvalue weighted by atomic mass is 19.4. The van der Waals surface area contributed by atoms with Gasteiger partial charge in [-0.05, 0) is 73.3 Å². The van der Waals surface area contributed by atoms with E-state index in [9.17, 15) is 44.3 Å². The third kappa shape index (κ3) is 15.7. The van der Waals surface area contributed by atoms with Gasteiger partial charge in [0.25, 0.3) is 0 Å². The third-order valence-electron chi connectivity index (χ3n) is 7.36. The summed E-state index contributed by atoms with van der Waals surface area (Å²) in [6.07, 6.45) is -8.52. The van der Waals surface area contributed by atoms with Gasteiger partial charge in [-0.3, -0.25) is 14.8 Å². The molecule has 1 saturated heterocycles. The zero-order valence-corrected chi connectivity index (χ0v) is 28.4. The van der Waals surface area contributed by atoms with Crippen molar-refractivity contribution in [2.24, 2.45) is 0 Å². The monoisotopic (exact) mass is 803 g/mol. The summed E-state index contributed by atoms with van der Waals surface area (Å²) in [6.45, 7) is 4.36. The molecule has 5 rings (SSSR count). The van der Waals surface area contributed by atoms with Gasteiger partial charge in [-0.15, -0.1) is 0 Å². The average molecular weight is 804 g/mol. The molecule has 1 amide bonds. The second kappa shape index (κ2) is 20.2. The number of carbonyl (C=O) groups excluding carboxylic acids is 1. The van der Waals surface area contributed by atoms with E-state index in [2.05, 4.69) is 31.8 Å². The zero-order chi connectivity index (χ0) is 41.6. The van der Waals surface area contributed by atoms with Crippen LogP contribution in [0.2, 0.25) is 0 Å². The van der Waals surface area contributed by atoms with Crippen molar-refractivity contribution >= 4 is 29.5 Å². The number of nitrogens with one attached hydrogen (secondary N) is 3. The molecule has 2 aliphatic heterocycles. The number of nitrogens with zero attached hydrogens (tertiary/aromatic N) is 2. The van der Waals surface area contributed by atoms with E-state index in [0.29, 0.717) is 31.0 Å². The summed E-state index contributed by atoms with van der Waals surface area (Å²) in [4.78, 5) is 42.3. The maximum Gasteiger partial charge on any atom is 0.490 e. The van der Waals surface area contributed by atoms with Crippen LogP contribution in [0.4, 0.5) is 45.2 Å². The van der Waals surface area contributed by atoms with Crippen LogP contribution in [0.25, 0.3) is 11.1 Å². The number of hydrogen-bond donors (Lipinski definition) is 6. The van der Waals surface area contributed by atoms with Crippen molar-refractivity contribution in [1.29, 1.82) is 0 Å². The van der Waals surface area contributed by atoms with Crippen LogP contribution in [0.3, 0.4) is 0 Å². The van der Waals surface area contributed by atoms with E-state index in [0.717, 1.165) is 42.1 Å². The highest BCUT2D eigenvalue weighted by Crippen LogP contribution is 2.32. The molecular weight excluding hydrogens is 769 g/mol. The Morgan fingerprint density at radius 3 is 1.89 bits per heavy atom. The maximum absolute atomic E-state index is 13.2. The number of rotatable bonds is 8. The number of amides is 1. The Kier molecular flexibility index (Phi) is 16.7. The molecule has 0 radical (unpaired) electrons. The summed E-state index contributed by atoms with van der Waals surface area (Å²) >= 11 is 0. The topological polar surface area (TPSA) is 203 Å². The second-order valence-electron chi connectivity index (χ2n) is 11.3. The molecule has 6 N–H and O–H groups in total. The van der Waals surface area contributed by atoms with E-state index >= 15 is 0 Å². The number of carboxylic acids is 3. The lowest BCUT2D eigenvalue weighted by atomic mass is 9.95. The first kappa shape index (κ1) is 45.6. The molecule has 23 heteroatoms. The number of hydrogen-bond acceptors (Lipinski definition) is 9. The number of fused-ring (bicyclic) bond motifs is 1. The first-order valence-corrected chi connectivity index (χ1v) is 15.6. The Hall–Kier alpha value is -5.58. The van der Waals surface area contributed by atoms with Crippen LogP contribution in [0.15, 0.2) is 48.8 Å². The summed E-state index contributed by atoms with van der Waals surface area (Å²) in [6, 6.07) is 11.5. The number of likely N-dealkylation sites (tertiary alicyclic amines) is 1. The van der Waals surface area contributed by atoms with Gasteiger partial charge in [0, 0.05) is 24.8 Å². The lowest BCUT2D eigenvalue weighted by Gasteiger charge is -2.26. The van der Waals surface area contributed by atoms with Crippen LogP contribution in [-0.2, 0) is 32.1 Å². The molecule has 55 heavy (non-hydrogen) atoms. The van der Waals surface area contributed by atoms with E-state index in [-0.39, 0.29) is 11.9 Å². The maximum atomic E-state index is 13.2. The minimum absolute atomic E-state index is 0.0751. The smallest absolute Gasteiger partial charge is 0.490 e. The Morgan fingerprint density at radius 1 is 0.836 bits per heavy atom. The van der Waals surface area contributed by atoms with Crippen molar-refractivity contribution in [3.63, 3.8) is 0 Å². The average Bonchev–Trinajstić information content (AvgIpc) is 3.83. The van der Waals surface area contributed by atoms with Crippen molar-refractivity contribution in [2.75, 3.05) is 38.7 Å². The molecule has 304 valence electrons. The number of methoxy groups -OCH3 is 1. The van der Waals surface area contributed by atoms with Crippen LogP contribution in [0.5, 0.6) is 11.5 Å². The molecule has 0 unspecified atom stereocenters. The summed E-state index contributed by atoms with van der Waals surface area (Å²) in [5.74, 6) is -6.87. The predicted octanol–water partition coefficient (Wildman–Crippen LogP) is 5.11. The normalized spacial score (nSPS) is 15.3. The molecule has 14 nitrogen and oxygen atoms in total. The minimum atomic E-state index is -5.08. The Morgan fingerprint density at radius 2 is 1.40 bits per heavy atom. The number of aliphatic carboxylic acids is 3. The molecule has 0 spiro atoms. The molecule has 3 aromatic rings. The van der Waals surface area contributed by atoms with Gasteiger partial charge in [0.15, 0.2) is 0 Å². The van der Waals surface area contributed by atoms with Crippen molar-refractivity contribution in [2.45, 2.75) is 50.4 Å². The molecule has 1 aromatic heterocycles. The van der Waals surface area contributed by atoms with E-state index in [4.69, 9.17) is 39.2 Å². The Balaban J connectivity index is 0.000000408. The second-order valence-corrected chi connectivity index (χ2v) is 11.3. The van der Waals surface area contributed by atoms with Gasteiger partial charge in [-0.1, -0.05) is 12.1 Å².